The zero-order valence-electron chi connectivity index (χ0n) is 15.5. The van der Waals surface area contributed by atoms with Crippen LogP contribution in [-0.4, -0.2) is 51.2 Å². The van der Waals surface area contributed by atoms with Crippen LogP contribution < -0.4 is 4.90 Å². The van der Waals surface area contributed by atoms with Gasteiger partial charge < -0.3 is 9.80 Å². The Morgan fingerprint density at radius 3 is 2.64 bits per heavy atom. The number of anilines is 1. The van der Waals surface area contributed by atoms with Crippen LogP contribution in [0.3, 0.4) is 0 Å². The third-order valence-electron chi connectivity index (χ3n) is 4.75. The molecule has 3 rings (SSSR count). The van der Waals surface area contributed by atoms with Crippen molar-refractivity contribution in [3.8, 4) is 10.7 Å². The van der Waals surface area contributed by atoms with E-state index < -0.39 is 0 Å². The summed E-state index contributed by atoms with van der Waals surface area (Å²) >= 11 is 1.42. The minimum Gasteiger partial charge on any atom is -0.352 e. The molecule has 6 nitrogen and oxygen atoms in total. The maximum absolute atomic E-state index is 12.5. The molecule has 0 aromatic carbocycles. The van der Waals surface area contributed by atoms with Gasteiger partial charge in [-0.3, -0.25) is 4.79 Å². The predicted molar refractivity (Wildman–Crippen MR) is 101 cm³/mol. The molecule has 3 heterocycles. The number of thiazole rings is 1. The lowest BCUT2D eigenvalue weighted by molar-refractivity contribution is 0.0650. The quantitative estimate of drug-likeness (QED) is 0.840. The van der Waals surface area contributed by atoms with Crippen molar-refractivity contribution in [2.24, 2.45) is 0 Å². The summed E-state index contributed by atoms with van der Waals surface area (Å²) in [6.45, 7) is 9.25. The lowest BCUT2D eigenvalue weighted by atomic mass is 10.1. The first-order chi connectivity index (χ1) is 11.8. The smallest absolute Gasteiger partial charge is 0.273 e. The first-order valence-electron chi connectivity index (χ1n) is 8.62. The molecule has 0 bridgehead atoms. The first-order valence-corrected chi connectivity index (χ1v) is 9.50. The van der Waals surface area contributed by atoms with E-state index in [9.17, 15) is 4.79 Å². The standard InChI is InChI=1S/C18H25N5OS/c1-12-7-6-10-23(12)15-9-8-13(20-21-15)16-19-14(11-25-16)17(24)22(5)18(2,3)4/h8-9,11-12H,6-7,10H2,1-5H3. The van der Waals surface area contributed by atoms with Crippen LogP contribution in [0.2, 0.25) is 0 Å². The van der Waals surface area contributed by atoms with E-state index in [-0.39, 0.29) is 11.4 Å². The number of rotatable bonds is 3. The third kappa shape index (κ3) is 3.66. The number of aromatic nitrogens is 3. The lowest BCUT2D eigenvalue weighted by Gasteiger charge is -2.31. The Bertz CT molecular complexity index is 750. The van der Waals surface area contributed by atoms with Crippen molar-refractivity contribution in [1.82, 2.24) is 20.1 Å². The fourth-order valence-corrected chi connectivity index (χ4v) is 3.59. The highest BCUT2D eigenvalue weighted by molar-refractivity contribution is 7.13. The third-order valence-corrected chi connectivity index (χ3v) is 5.62. The van der Waals surface area contributed by atoms with Gasteiger partial charge in [-0.1, -0.05) is 0 Å². The van der Waals surface area contributed by atoms with Crippen molar-refractivity contribution in [3.63, 3.8) is 0 Å². The average molecular weight is 359 g/mol. The van der Waals surface area contributed by atoms with Crippen LogP contribution in [0, 0.1) is 0 Å². The molecule has 1 amide bonds. The average Bonchev–Trinajstić information content (AvgIpc) is 3.22. The Hall–Kier alpha value is -2.02. The molecular weight excluding hydrogens is 334 g/mol. The lowest BCUT2D eigenvalue weighted by Crippen LogP contribution is -2.42. The summed E-state index contributed by atoms with van der Waals surface area (Å²) in [6.07, 6.45) is 2.40. The van der Waals surface area contributed by atoms with Crippen LogP contribution in [0.1, 0.15) is 51.0 Å². The number of hydrogen-bond acceptors (Lipinski definition) is 6. The summed E-state index contributed by atoms with van der Waals surface area (Å²) in [5, 5.41) is 11.2. The molecule has 0 saturated carbocycles. The highest BCUT2D eigenvalue weighted by Crippen LogP contribution is 2.27. The molecule has 1 aliphatic rings. The second-order valence-electron chi connectivity index (χ2n) is 7.53. The van der Waals surface area contributed by atoms with Crippen LogP contribution in [0.25, 0.3) is 10.7 Å². The van der Waals surface area contributed by atoms with Gasteiger partial charge in [0.15, 0.2) is 5.82 Å². The van der Waals surface area contributed by atoms with Gasteiger partial charge in [-0.2, -0.15) is 0 Å². The maximum Gasteiger partial charge on any atom is 0.273 e. The molecule has 1 saturated heterocycles. The zero-order chi connectivity index (χ0) is 18.2. The summed E-state index contributed by atoms with van der Waals surface area (Å²) in [4.78, 5) is 21.0. The van der Waals surface area contributed by atoms with Gasteiger partial charge in [-0.15, -0.1) is 21.5 Å². The molecule has 0 spiro atoms. The minimum absolute atomic E-state index is 0.0783. The molecule has 1 unspecified atom stereocenters. The fourth-order valence-electron chi connectivity index (χ4n) is 2.83. The van der Waals surface area contributed by atoms with Gasteiger partial charge >= 0.3 is 0 Å². The molecule has 25 heavy (non-hydrogen) atoms. The molecule has 2 aromatic rings. The van der Waals surface area contributed by atoms with Crippen molar-refractivity contribution in [3.05, 3.63) is 23.2 Å². The highest BCUT2D eigenvalue weighted by atomic mass is 32.1. The van der Waals surface area contributed by atoms with Gasteiger partial charge in [0.2, 0.25) is 0 Å². The van der Waals surface area contributed by atoms with Gasteiger partial charge in [0.25, 0.3) is 5.91 Å². The minimum atomic E-state index is -0.241. The number of nitrogens with zero attached hydrogens (tertiary/aromatic N) is 5. The fraction of sp³-hybridized carbons (Fsp3) is 0.556. The van der Waals surface area contributed by atoms with Gasteiger partial charge in [-0.25, -0.2) is 4.98 Å². The molecule has 7 heteroatoms. The van der Waals surface area contributed by atoms with Crippen molar-refractivity contribution < 1.29 is 4.79 Å². The van der Waals surface area contributed by atoms with Crippen molar-refractivity contribution in [2.75, 3.05) is 18.5 Å². The van der Waals surface area contributed by atoms with Gasteiger partial charge in [0.1, 0.15) is 16.4 Å². The topological polar surface area (TPSA) is 62.2 Å². The largest absolute Gasteiger partial charge is 0.352 e. The molecule has 0 N–H and O–H groups in total. The summed E-state index contributed by atoms with van der Waals surface area (Å²) < 4.78 is 0. The Kier molecular flexibility index (Phi) is 4.77. The monoisotopic (exact) mass is 359 g/mol. The van der Waals surface area contributed by atoms with Gasteiger partial charge in [0.05, 0.1) is 0 Å². The first kappa shape index (κ1) is 17.8. The molecule has 1 atom stereocenters. The van der Waals surface area contributed by atoms with Crippen LogP contribution in [0.5, 0.6) is 0 Å². The summed E-state index contributed by atoms with van der Waals surface area (Å²) in [6, 6.07) is 4.44. The summed E-state index contributed by atoms with van der Waals surface area (Å²) in [5.74, 6) is 0.833. The second kappa shape index (κ2) is 6.71. The van der Waals surface area contributed by atoms with Crippen LogP contribution >= 0.6 is 11.3 Å². The van der Waals surface area contributed by atoms with Crippen LogP contribution in [0.15, 0.2) is 17.5 Å². The van der Waals surface area contributed by atoms with Crippen molar-refractivity contribution in [2.45, 2.75) is 52.1 Å². The normalized spacial score (nSPS) is 17.8. The molecular formula is C18H25N5OS. The molecule has 1 aliphatic heterocycles. The van der Waals surface area contributed by atoms with Crippen LogP contribution in [0.4, 0.5) is 5.82 Å². The van der Waals surface area contributed by atoms with Crippen molar-refractivity contribution >= 4 is 23.1 Å². The van der Waals surface area contributed by atoms with E-state index in [1.165, 1.54) is 24.2 Å². The summed E-state index contributed by atoms with van der Waals surface area (Å²) in [5.41, 5.74) is 0.920. The predicted octanol–water partition coefficient (Wildman–Crippen LogP) is 3.46. The Labute approximate surface area is 152 Å². The van der Waals surface area contributed by atoms with E-state index in [2.05, 4.69) is 27.0 Å². The number of carbonyl (C=O) groups excluding carboxylic acids is 1. The van der Waals surface area contributed by atoms with E-state index >= 15 is 0 Å². The van der Waals surface area contributed by atoms with E-state index in [1.807, 2.05) is 32.9 Å². The Morgan fingerprint density at radius 2 is 2.08 bits per heavy atom. The molecule has 134 valence electrons. The zero-order valence-corrected chi connectivity index (χ0v) is 16.3. The van der Waals surface area contributed by atoms with E-state index in [4.69, 9.17) is 0 Å². The van der Waals surface area contributed by atoms with E-state index in [0.29, 0.717) is 17.4 Å². The Morgan fingerprint density at radius 1 is 1.32 bits per heavy atom. The number of amides is 1. The van der Waals surface area contributed by atoms with Crippen LogP contribution in [-0.2, 0) is 0 Å². The molecule has 2 aromatic heterocycles. The van der Waals surface area contributed by atoms with E-state index in [0.717, 1.165) is 17.4 Å². The number of hydrogen-bond donors (Lipinski definition) is 0. The molecule has 0 radical (unpaired) electrons. The van der Waals surface area contributed by atoms with E-state index in [1.54, 1.807) is 17.3 Å². The highest BCUT2D eigenvalue weighted by Gasteiger charge is 2.26. The second-order valence-corrected chi connectivity index (χ2v) is 8.39. The number of carbonyl (C=O) groups is 1. The molecule has 1 fully saturated rings. The maximum atomic E-state index is 12.5. The summed E-state index contributed by atoms with van der Waals surface area (Å²) in [7, 11) is 1.80. The SMILES string of the molecule is CC1CCCN1c1ccc(-c2nc(C(=O)N(C)C(C)(C)C)cs2)nn1. The van der Waals surface area contributed by atoms with Gasteiger partial charge in [0, 0.05) is 30.6 Å². The molecule has 0 aliphatic carbocycles. The van der Waals surface area contributed by atoms with Gasteiger partial charge in [-0.05, 0) is 52.7 Å². The Balaban J connectivity index is 1.77. The van der Waals surface area contributed by atoms with Crippen molar-refractivity contribution in [1.29, 1.82) is 0 Å².